The molecule has 0 aliphatic heterocycles. The molecule has 134 valence electrons. The Morgan fingerprint density at radius 3 is 2.04 bits per heavy atom. The molecule has 7 nitrogen and oxygen atoms in total. The van der Waals surface area contributed by atoms with Crippen LogP contribution in [0.4, 0.5) is 20.2 Å². The van der Waals surface area contributed by atoms with Crippen LogP contribution in [0.3, 0.4) is 0 Å². The Morgan fingerprint density at radius 1 is 0.923 bits per heavy atom. The summed E-state index contributed by atoms with van der Waals surface area (Å²) in [6.45, 7) is 0. The summed E-state index contributed by atoms with van der Waals surface area (Å²) in [6, 6.07) is 9.62. The number of carbonyl (C=O) groups is 1. The zero-order valence-corrected chi connectivity index (χ0v) is 13.8. The van der Waals surface area contributed by atoms with E-state index in [1.165, 1.54) is 24.3 Å². The molecule has 0 spiro atoms. The number of sulfonamides is 1. The largest absolute Gasteiger partial charge is 0.322 e. The molecule has 1 aromatic heterocycles. The number of benzene rings is 2. The summed E-state index contributed by atoms with van der Waals surface area (Å²) in [4.78, 5) is 12.3. The first kappa shape index (κ1) is 17.5. The summed E-state index contributed by atoms with van der Waals surface area (Å²) in [5.74, 6) is -1.74. The minimum Gasteiger partial charge on any atom is -0.322 e. The monoisotopic (exact) mass is 378 g/mol. The van der Waals surface area contributed by atoms with Crippen molar-refractivity contribution < 1.29 is 22.0 Å². The van der Waals surface area contributed by atoms with Gasteiger partial charge in [0.15, 0.2) is 5.03 Å². The lowest BCUT2D eigenvalue weighted by atomic mass is 10.3. The van der Waals surface area contributed by atoms with Crippen LogP contribution >= 0.6 is 0 Å². The maximum absolute atomic E-state index is 12.9. The highest BCUT2D eigenvalue weighted by Crippen LogP contribution is 2.19. The van der Waals surface area contributed by atoms with E-state index in [4.69, 9.17) is 0 Å². The second-order valence-corrected chi connectivity index (χ2v) is 6.81. The Bertz CT molecular complexity index is 1030. The van der Waals surface area contributed by atoms with Crippen LogP contribution in [-0.2, 0) is 10.0 Å². The number of nitrogens with zero attached hydrogens (tertiary/aromatic N) is 1. The Hall–Kier alpha value is -3.27. The lowest BCUT2D eigenvalue weighted by molar-refractivity contribution is 0.102. The van der Waals surface area contributed by atoms with Crippen molar-refractivity contribution in [3.8, 4) is 0 Å². The van der Waals surface area contributed by atoms with Crippen LogP contribution in [-0.4, -0.2) is 24.5 Å². The van der Waals surface area contributed by atoms with Gasteiger partial charge in [-0.1, -0.05) is 0 Å². The van der Waals surface area contributed by atoms with Gasteiger partial charge in [0.05, 0.1) is 11.8 Å². The van der Waals surface area contributed by atoms with Crippen molar-refractivity contribution in [2.45, 2.75) is 5.03 Å². The van der Waals surface area contributed by atoms with Crippen LogP contribution in [0.25, 0.3) is 0 Å². The quantitative estimate of drug-likeness (QED) is 0.635. The summed E-state index contributed by atoms with van der Waals surface area (Å²) < 4.78 is 53.0. The van der Waals surface area contributed by atoms with Gasteiger partial charge in [0, 0.05) is 11.4 Å². The minimum absolute atomic E-state index is 0.117. The predicted octanol–water partition coefficient (Wildman–Crippen LogP) is 2.74. The number of aromatic nitrogens is 2. The van der Waals surface area contributed by atoms with Crippen molar-refractivity contribution in [2.75, 3.05) is 10.0 Å². The first-order valence-electron chi connectivity index (χ1n) is 7.24. The zero-order chi connectivity index (χ0) is 18.7. The van der Waals surface area contributed by atoms with Gasteiger partial charge in [-0.05, 0) is 48.5 Å². The van der Waals surface area contributed by atoms with Crippen molar-refractivity contribution in [2.24, 2.45) is 0 Å². The van der Waals surface area contributed by atoms with Crippen LogP contribution < -0.4 is 10.0 Å². The van der Waals surface area contributed by atoms with E-state index in [0.29, 0.717) is 0 Å². The van der Waals surface area contributed by atoms with Gasteiger partial charge in [-0.25, -0.2) is 8.78 Å². The highest BCUT2D eigenvalue weighted by Gasteiger charge is 2.25. The second kappa shape index (κ2) is 6.92. The Kier molecular flexibility index (Phi) is 4.67. The molecule has 0 atom stereocenters. The topological polar surface area (TPSA) is 104 Å². The highest BCUT2D eigenvalue weighted by atomic mass is 32.2. The molecule has 0 aliphatic rings. The number of carbonyl (C=O) groups excluding carboxylic acids is 1. The van der Waals surface area contributed by atoms with Crippen LogP contribution in [0.5, 0.6) is 0 Å². The minimum atomic E-state index is -4.17. The van der Waals surface area contributed by atoms with E-state index in [1.54, 1.807) is 0 Å². The molecule has 3 N–H and O–H groups in total. The smallest absolute Gasteiger partial charge is 0.279 e. The molecule has 10 heteroatoms. The third-order valence-corrected chi connectivity index (χ3v) is 4.67. The molecule has 0 radical (unpaired) electrons. The molecular formula is C16H12F2N4O3S. The standard InChI is InChI=1S/C16H12F2N4O3S/c17-10-1-5-12(6-2-10)20-15(23)14-9-19-21-16(14)26(24,25)22-13-7-3-11(18)4-8-13/h1-9,22H,(H,19,21)(H,20,23). The molecule has 3 aromatic rings. The Labute approximate surface area is 147 Å². The van der Waals surface area contributed by atoms with E-state index in [2.05, 4.69) is 20.2 Å². The summed E-state index contributed by atoms with van der Waals surface area (Å²) in [5, 5.41) is 7.85. The van der Waals surface area contributed by atoms with Crippen LogP contribution in [0.15, 0.2) is 59.8 Å². The molecule has 3 rings (SSSR count). The molecule has 2 aromatic carbocycles. The molecule has 0 aliphatic carbocycles. The van der Waals surface area contributed by atoms with Crippen molar-refractivity contribution >= 4 is 27.3 Å². The van der Waals surface area contributed by atoms with Gasteiger partial charge in [0.2, 0.25) is 0 Å². The fourth-order valence-corrected chi connectivity index (χ4v) is 3.25. The van der Waals surface area contributed by atoms with E-state index < -0.39 is 32.6 Å². The third kappa shape index (κ3) is 3.86. The van der Waals surface area contributed by atoms with E-state index in [0.717, 1.165) is 30.5 Å². The number of hydrogen-bond acceptors (Lipinski definition) is 4. The van der Waals surface area contributed by atoms with Gasteiger partial charge in [-0.15, -0.1) is 0 Å². The van der Waals surface area contributed by atoms with E-state index >= 15 is 0 Å². The van der Waals surface area contributed by atoms with Crippen molar-refractivity contribution in [1.29, 1.82) is 0 Å². The molecular weight excluding hydrogens is 366 g/mol. The molecule has 1 amide bonds. The van der Waals surface area contributed by atoms with E-state index in [9.17, 15) is 22.0 Å². The number of rotatable bonds is 5. The second-order valence-electron chi connectivity index (χ2n) is 5.19. The third-order valence-electron chi connectivity index (χ3n) is 3.32. The molecule has 0 unspecified atom stereocenters. The van der Waals surface area contributed by atoms with Crippen LogP contribution in [0.1, 0.15) is 10.4 Å². The fourth-order valence-electron chi connectivity index (χ4n) is 2.10. The van der Waals surface area contributed by atoms with Gasteiger partial charge in [-0.2, -0.15) is 13.5 Å². The maximum atomic E-state index is 12.9. The molecule has 0 saturated heterocycles. The van der Waals surface area contributed by atoms with Gasteiger partial charge in [-0.3, -0.25) is 14.6 Å². The summed E-state index contributed by atoms with van der Waals surface area (Å²) in [7, 11) is -4.17. The number of H-pyrrole nitrogens is 1. The summed E-state index contributed by atoms with van der Waals surface area (Å²) >= 11 is 0. The Balaban J connectivity index is 1.83. The Morgan fingerprint density at radius 2 is 1.46 bits per heavy atom. The fraction of sp³-hybridized carbons (Fsp3) is 0. The number of aromatic amines is 1. The van der Waals surface area contributed by atoms with Crippen LogP contribution in [0, 0.1) is 11.6 Å². The SMILES string of the molecule is O=C(Nc1ccc(F)cc1)c1cn[nH]c1S(=O)(=O)Nc1ccc(F)cc1. The number of amides is 1. The number of hydrogen-bond donors (Lipinski definition) is 3. The molecule has 0 saturated carbocycles. The average Bonchev–Trinajstić information content (AvgIpc) is 3.10. The van der Waals surface area contributed by atoms with Gasteiger partial charge >= 0.3 is 0 Å². The first-order valence-corrected chi connectivity index (χ1v) is 8.72. The molecule has 1 heterocycles. The molecule has 0 bridgehead atoms. The average molecular weight is 378 g/mol. The lowest BCUT2D eigenvalue weighted by Gasteiger charge is -2.09. The summed E-state index contributed by atoms with van der Waals surface area (Å²) in [6.07, 6.45) is 1.05. The summed E-state index contributed by atoms with van der Waals surface area (Å²) in [5.41, 5.74) is 0.169. The van der Waals surface area contributed by atoms with Gasteiger partial charge in [0.25, 0.3) is 15.9 Å². The van der Waals surface area contributed by atoms with Crippen molar-refractivity contribution in [3.05, 3.63) is 71.9 Å². The highest BCUT2D eigenvalue weighted by molar-refractivity contribution is 7.92. The van der Waals surface area contributed by atoms with Crippen molar-refractivity contribution in [3.63, 3.8) is 0 Å². The number of halogens is 2. The predicted molar refractivity (Wildman–Crippen MR) is 90.1 cm³/mol. The normalized spacial score (nSPS) is 11.2. The molecule has 0 fully saturated rings. The first-order chi connectivity index (χ1) is 12.3. The van der Waals surface area contributed by atoms with Gasteiger partial charge in [0.1, 0.15) is 11.6 Å². The maximum Gasteiger partial charge on any atom is 0.279 e. The lowest BCUT2D eigenvalue weighted by Crippen LogP contribution is -2.19. The number of anilines is 2. The molecule has 26 heavy (non-hydrogen) atoms. The van der Waals surface area contributed by atoms with E-state index in [1.807, 2.05) is 0 Å². The zero-order valence-electron chi connectivity index (χ0n) is 13.0. The van der Waals surface area contributed by atoms with Crippen LogP contribution in [0.2, 0.25) is 0 Å². The van der Waals surface area contributed by atoms with Gasteiger partial charge < -0.3 is 5.32 Å². The van der Waals surface area contributed by atoms with Crippen molar-refractivity contribution in [1.82, 2.24) is 10.2 Å². The number of nitrogens with one attached hydrogen (secondary N) is 3. The van der Waals surface area contributed by atoms with E-state index in [-0.39, 0.29) is 16.9 Å².